The van der Waals surface area contributed by atoms with Crippen LogP contribution in [0, 0.1) is 5.92 Å². The molecule has 0 bridgehead atoms. The minimum Gasteiger partial charge on any atom is -0.467 e. The second-order valence-corrected chi connectivity index (χ2v) is 6.57. The number of ether oxygens (including phenoxy) is 2. The third-order valence-corrected chi connectivity index (χ3v) is 3.46. The first-order valence-corrected chi connectivity index (χ1v) is 7.48. The molecule has 5 heteroatoms. The number of rotatable bonds is 4. The first-order chi connectivity index (χ1) is 9.85. The van der Waals surface area contributed by atoms with Crippen LogP contribution >= 0.6 is 0 Å². The maximum atomic E-state index is 12.0. The molecule has 1 fully saturated rings. The molecular weight excluding hydrogens is 270 g/mol. The van der Waals surface area contributed by atoms with Crippen molar-refractivity contribution in [1.82, 2.24) is 4.90 Å². The van der Waals surface area contributed by atoms with Crippen molar-refractivity contribution in [3.05, 3.63) is 24.2 Å². The highest BCUT2D eigenvalue weighted by Crippen LogP contribution is 2.23. The Morgan fingerprint density at radius 1 is 1.52 bits per heavy atom. The van der Waals surface area contributed by atoms with E-state index >= 15 is 0 Å². The molecule has 0 aliphatic carbocycles. The number of amides is 1. The van der Waals surface area contributed by atoms with Gasteiger partial charge in [-0.2, -0.15) is 0 Å². The molecule has 2 atom stereocenters. The van der Waals surface area contributed by atoms with Gasteiger partial charge in [-0.3, -0.25) is 0 Å². The number of likely N-dealkylation sites (tertiary alicyclic amines) is 1. The van der Waals surface area contributed by atoms with E-state index in [1.807, 2.05) is 39.8 Å². The van der Waals surface area contributed by atoms with Crippen molar-refractivity contribution in [2.45, 2.75) is 45.8 Å². The van der Waals surface area contributed by atoms with Gasteiger partial charge in [0.15, 0.2) is 0 Å². The van der Waals surface area contributed by atoms with Gasteiger partial charge in [0.25, 0.3) is 0 Å². The summed E-state index contributed by atoms with van der Waals surface area (Å²) in [5, 5.41) is 0. The first-order valence-electron chi connectivity index (χ1n) is 7.48. The van der Waals surface area contributed by atoms with Gasteiger partial charge in [-0.1, -0.05) is 0 Å². The van der Waals surface area contributed by atoms with Crippen molar-refractivity contribution >= 4 is 6.09 Å². The summed E-state index contributed by atoms with van der Waals surface area (Å²) in [5.41, 5.74) is -0.445. The van der Waals surface area contributed by atoms with E-state index in [0.29, 0.717) is 19.1 Å². The van der Waals surface area contributed by atoms with Crippen molar-refractivity contribution in [1.29, 1.82) is 0 Å². The van der Waals surface area contributed by atoms with E-state index in [9.17, 15) is 4.79 Å². The summed E-state index contributed by atoms with van der Waals surface area (Å²) >= 11 is 0. The number of carbonyl (C=O) groups excluding carboxylic acids is 1. The number of nitrogens with zero attached hydrogens (tertiary/aromatic N) is 1. The van der Waals surface area contributed by atoms with Crippen LogP contribution in [-0.4, -0.2) is 36.3 Å². The van der Waals surface area contributed by atoms with Crippen LogP contribution in [-0.2, 0) is 9.47 Å². The van der Waals surface area contributed by atoms with Crippen LogP contribution in [0.25, 0.3) is 0 Å². The van der Waals surface area contributed by atoms with Gasteiger partial charge in [0, 0.05) is 19.0 Å². The molecule has 0 spiro atoms. The van der Waals surface area contributed by atoms with Gasteiger partial charge in [-0.15, -0.1) is 0 Å². The van der Waals surface area contributed by atoms with Gasteiger partial charge in [0.05, 0.1) is 12.9 Å². The van der Waals surface area contributed by atoms with Gasteiger partial charge in [0.2, 0.25) is 0 Å². The molecule has 0 unspecified atom stereocenters. The van der Waals surface area contributed by atoms with E-state index in [0.717, 1.165) is 18.7 Å². The lowest BCUT2D eigenvalue weighted by atomic mass is 10.1. The highest BCUT2D eigenvalue weighted by Gasteiger charge is 2.30. The zero-order chi connectivity index (χ0) is 15.5. The fourth-order valence-electron chi connectivity index (χ4n) is 2.35. The Morgan fingerprint density at radius 2 is 2.29 bits per heavy atom. The van der Waals surface area contributed by atoms with Gasteiger partial charge in [0.1, 0.15) is 17.5 Å². The quantitative estimate of drug-likeness (QED) is 0.851. The van der Waals surface area contributed by atoms with E-state index in [2.05, 4.69) is 0 Å². The SMILES string of the molecule is C[C@H](OC[C@@H]1CCN(C(=O)OC(C)(C)C)C1)c1ccco1. The van der Waals surface area contributed by atoms with Gasteiger partial charge >= 0.3 is 6.09 Å². The van der Waals surface area contributed by atoms with Crippen molar-refractivity contribution in [2.24, 2.45) is 5.92 Å². The minimum atomic E-state index is -0.445. The lowest BCUT2D eigenvalue weighted by Gasteiger charge is -2.24. The fraction of sp³-hybridized carbons (Fsp3) is 0.688. The predicted octanol–water partition coefficient (Wildman–Crippen LogP) is 3.61. The molecular formula is C16H25NO4. The summed E-state index contributed by atoms with van der Waals surface area (Å²) in [7, 11) is 0. The molecule has 0 saturated carbocycles. The molecule has 21 heavy (non-hydrogen) atoms. The molecule has 2 heterocycles. The van der Waals surface area contributed by atoms with E-state index in [-0.39, 0.29) is 12.2 Å². The summed E-state index contributed by atoms with van der Waals surface area (Å²) in [5.74, 6) is 1.19. The van der Waals surface area contributed by atoms with Crippen LogP contribution in [0.2, 0.25) is 0 Å². The van der Waals surface area contributed by atoms with Gasteiger partial charge < -0.3 is 18.8 Å². The summed E-state index contributed by atoms with van der Waals surface area (Å²) in [6.45, 7) is 9.67. The average molecular weight is 295 g/mol. The van der Waals surface area contributed by atoms with E-state index in [4.69, 9.17) is 13.9 Å². The molecule has 5 nitrogen and oxygen atoms in total. The predicted molar refractivity (Wildman–Crippen MR) is 79.0 cm³/mol. The molecule has 118 valence electrons. The van der Waals surface area contributed by atoms with Crippen molar-refractivity contribution in [3.8, 4) is 0 Å². The Kier molecular flexibility index (Phi) is 4.93. The lowest BCUT2D eigenvalue weighted by molar-refractivity contribution is 0.0192. The van der Waals surface area contributed by atoms with Crippen LogP contribution in [0.1, 0.15) is 46.0 Å². The summed E-state index contributed by atoms with van der Waals surface area (Å²) in [6.07, 6.45) is 2.30. The zero-order valence-corrected chi connectivity index (χ0v) is 13.3. The number of carbonyl (C=O) groups is 1. The van der Waals surface area contributed by atoms with Crippen LogP contribution in [0.4, 0.5) is 4.79 Å². The second kappa shape index (κ2) is 6.52. The Balaban J connectivity index is 1.74. The van der Waals surface area contributed by atoms with Gasteiger partial charge in [-0.25, -0.2) is 4.79 Å². The Hall–Kier alpha value is -1.49. The standard InChI is InChI=1S/C16H25NO4/c1-12(14-6-5-9-19-14)20-11-13-7-8-17(10-13)15(18)21-16(2,3)4/h5-6,9,12-13H,7-8,10-11H2,1-4H3/t12-,13+/m0/s1. The molecule has 2 rings (SSSR count). The summed E-state index contributed by atoms with van der Waals surface area (Å²) < 4.78 is 16.5. The number of furan rings is 1. The van der Waals surface area contributed by atoms with Gasteiger partial charge in [-0.05, 0) is 46.2 Å². The lowest BCUT2D eigenvalue weighted by Crippen LogP contribution is -2.35. The molecule has 1 aliphatic rings. The molecule has 1 aromatic rings. The number of hydrogen-bond acceptors (Lipinski definition) is 4. The Bertz CT molecular complexity index is 449. The highest BCUT2D eigenvalue weighted by atomic mass is 16.6. The zero-order valence-electron chi connectivity index (χ0n) is 13.3. The molecule has 1 amide bonds. The van der Waals surface area contributed by atoms with Crippen LogP contribution in [0.3, 0.4) is 0 Å². The average Bonchev–Trinajstić information content (AvgIpc) is 3.05. The maximum absolute atomic E-state index is 12.0. The van der Waals surface area contributed by atoms with Crippen LogP contribution < -0.4 is 0 Å². The highest BCUT2D eigenvalue weighted by molar-refractivity contribution is 5.68. The molecule has 1 aliphatic heterocycles. The third-order valence-electron chi connectivity index (χ3n) is 3.46. The second-order valence-electron chi connectivity index (χ2n) is 6.57. The topological polar surface area (TPSA) is 51.9 Å². The third kappa shape index (κ3) is 4.77. The smallest absolute Gasteiger partial charge is 0.410 e. The summed E-state index contributed by atoms with van der Waals surface area (Å²) in [6, 6.07) is 3.77. The maximum Gasteiger partial charge on any atom is 0.410 e. The number of hydrogen-bond donors (Lipinski definition) is 0. The largest absolute Gasteiger partial charge is 0.467 e. The molecule has 0 radical (unpaired) electrons. The van der Waals surface area contributed by atoms with E-state index in [1.165, 1.54) is 0 Å². The normalized spacial score (nSPS) is 20.6. The van der Waals surface area contributed by atoms with Crippen molar-refractivity contribution < 1.29 is 18.7 Å². The summed E-state index contributed by atoms with van der Waals surface area (Å²) in [4.78, 5) is 13.7. The Labute approximate surface area is 126 Å². The first kappa shape index (κ1) is 15.9. The van der Waals surface area contributed by atoms with Crippen molar-refractivity contribution in [2.75, 3.05) is 19.7 Å². The fourth-order valence-corrected chi connectivity index (χ4v) is 2.35. The molecule has 1 aromatic heterocycles. The monoisotopic (exact) mass is 295 g/mol. The van der Waals surface area contributed by atoms with E-state index < -0.39 is 5.60 Å². The van der Waals surface area contributed by atoms with Crippen LogP contribution in [0.5, 0.6) is 0 Å². The molecule has 0 N–H and O–H groups in total. The Morgan fingerprint density at radius 3 is 2.90 bits per heavy atom. The van der Waals surface area contributed by atoms with Crippen LogP contribution in [0.15, 0.2) is 22.8 Å². The minimum absolute atomic E-state index is 0.0597. The van der Waals surface area contributed by atoms with Crippen molar-refractivity contribution in [3.63, 3.8) is 0 Å². The molecule has 0 aromatic carbocycles. The molecule has 1 saturated heterocycles. The van der Waals surface area contributed by atoms with E-state index in [1.54, 1.807) is 11.2 Å².